The molecule has 0 aromatic carbocycles. The van der Waals surface area contributed by atoms with E-state index in [0.717, 1.165) is 25.7 Å². The minimum absolute atomic E-state index is 0.0255. The first-order valence-electron chi connectivity index (χ1n) is 10.6. The van der Waals surface area contributed by atoms with Crippen LogP contribution in [0.5, 0.6) is 0 Å². The van der Waals surface area contributed by atoms with Gasteiger partial charge in [-0.25, -0.2) is 4.79 Å². The van der Waals surface area contributed by atoms with Crippen LogP contribution in [0.1, 0.15) is 80.6 Å². The number of hydrogen-bond acceptors (Lipinski definition) is 3. The van der Waals surface area contributed by atoms with Crippen LogP contribution < -0.4 is 0 Å². The fourth-order valence-corrected chi connectivity index (χ4v) is 6.27. The Bertz CT molecular complexity index is 622. The van der Waals surface area contributed by atoms with Gasteiger partial charge >= 0.3 is 5.97 Å². The number of carbonyl (C=O) groups is 2. The van der Waals surface area contributed by atoms with Crippen molar-refractivity contribution < 1.29 is 19.4 Å². The molecule has 5 heteroatoms. The highest BCUT2D eigenvalue weighted by molar-refractivity contribution is 5.93. The van der Waals surface area contributed by atoms with Gasteiger partial charge in [-0.05, 0) is 70.1 Å². The number of ether oxygens (including phenoxy) is 1. The Hall–Kier alpha value is -1.10. The van der Waals surface area contributed by atoms with E-state index in [1.807, 2.05) is 20.8 Å². The zero-order chi connectivity index (χ0) is 20.4. The minimum Gasteiger partial charge on any atom is -0.480 e. The van der Waals surface area contributed by atoms with Crippen molar-refractivity contribution in [2.75, 3.05) is 0 Å². The highest BCUT2D eigenvalue weighted by Gasteiger charge is 2.81. The van der Waals surface area contributed by atoms with E-state index in [-0.39, 0.29) is 40.9 Å². The molecule has 1 saturated heterocycles. The summed E-state index contributed by atoms with van der Waals surface area (Å²) in [5.41, 5.74) is -1.09. The summed E-state index contributed by atoms with van der Waals surface area (Å²) in [6.07, 6.45) is 4.06. The smallest absolute Gasteiger partial charge is 0.326 e. The summed E-state index contributed by atoms with van der Waals surface area (Å²) in [6.45, 7) is 14.7. The maximum absolute atomic E-state index is 14.1. The van der Waals surface area contributed by atoms with E-state index in [0.29, 0.717) is 6.42 Å². The van der Waals surface area contributed by atoms with E-state index in [9.17, 15) is 14.7 Å². The molecule has 1 heterocycles. The number of rotatable bonds is 4. The summed E-state index contributed by atoms with van der Waals surface area (Å²) in [4.78, 5) is 27.7. The molecule has 4 unspecified atom stereocenters. The molecule has 0 aromatic heterocycles. The Kier molecular flexibility index (Phi) is 4.94. The zero-order valence-electron chi connectivity index (χ0n) is 18.0. The lowest BCUT2D eigenvalue weighted by molar-refractivity contribution is -0.172. The van der Waals surface area contributed by atoms with Crippen LogP contribution in [0.15, 0.2) is 0 Å². The third kappa shape index (κ3) is 2.92. The summed E-state index contributed by atoms with van der Waals surface area (Å²) in [7, 11) is 0. The molecule has 154 valence electrons. The third-order valence-electron chi connectivity index (χ3n) is 7.61. The number of aliphatic carboxylic acids is 1. The van der Waals surface area contributed by atoms with Crippen LogP contribution in [0.4, 0.5) is 0 Å². The van der Waals surface area contributed by atoms with Gasteiger partial charge in [0.05, 0.1) is 17.1 Å². The average Bonchev–Trinajstić information content (AvgIpc) is 2.89. The predicted molar refractivity (Wildman–Crippen MR) is 104 cm³/mol. The van der Waals surface area contributed by atoms with E-state index in [4.69, 9.17) is 4.74 Å². The van der Waals surface area contributed by atoms with Crippen molar-refractivity contribution in [1.82, 2.24) is 4.90 Å². The Labute approximate surface area is 163 Å². The lowest BCUT2D eigenvalue weighted by Gasteiger charge is -2.43. The summed E-state index contributed by atoms with van der Waals surface area (Å²) >= 11 is 0. The first-order chi connectivity index (χ1) is 12.4. The van der Waals surface area contributed by atoms with Crippen molar-refractivity contribution in [2.45, 2.75) is 104 Å². The Morgan fingerprint density at radius 1 is 1.15 bits per heavy atom. The molecule has 3 fully saturated rings. The Morgan fingerprint density at radius 2 is 1.78 bits per heavy atom. The lowest BCUT2D eigenvalue weighted by atomic mass is 9.75. The van der Waals surface area contributed by atoms with E-state index < -0.39 is 17.4 Å². The molecular weight excluding hydrogens is 342 g/mol. The number of carbonyl (C=O) groups excluding carboxylic acids is 1. The van der Waals surface area contributed by atoms with Gasteiger partial charge in [-0.1, -0.05) is 27.7 Å². The maximum atomic E-state index is 14.1. The quantitative estimate of drug-likeness (QED) is 0.799. The number of fused-ring (bicyclic) bond motifs is 1. The molecule has 0 bridgehead atoms. The molecule has 3 aliphatic rings. The van der Waals surface area contributed by atoms with Crippen molar-refractivity contribution in [3.63, 3.8) is 0 Å². The van der Waals surface area contributed by atoms with Crippen molar-refractivity contribution >= 4 is 11.9 Å². The van der Waals surface area contributed by atoms with Gasteiger partial charge < -0.3 is 14.7 Å². The molecule has 27 heavy (non-hydrogen) atoms. The van der Waals surface area contributed by atoms with E-state index in [1.54, 1.807) is 4.90 Å². The maximum Gasteiger partial charge on any atom is 0.326 e. The SMILES string of the molecule is CC[C@H]1CC[C@@H](C(=O)O)N1C(=O)C12C(OC(C)(C)C)C(C)CCC1C2(C)C. The largest absolute Gasteiger partial charge is 0.480 e. The van der Waals surface area contributed by atoms with Crippen LogP contribution in [0.2, 0.25) is 0 Å². The van der Waals surface area contributed by atoms with Gasteiger partial charge in [0.2, 0.25) is 5.91 Å². The van der Waals surface area contributed by atoms with Gasteiger partial charge in [0.15, 0.2) is 0 Å². The van der Waals surface area contributed by atoms with Gasteiger partial charge in [-0.3, -0.25) is 4.79 Å². The molecule has 1 N–H and O–H groups in total. The van der Waals surface area contributed by atoms with Crippen LogP contribution >= 0.6 is 0 Å². The highest BCUT2D eigenvalue weighted by Crippen LogP contribution is 2.77. The molecule has 3 rings (SSSR count). The van der Waals surface area contributed by atoms with E-state index in [2.05, 4.69) is 27.7 Å². The minimum atomic E-state index is -0.872. The van der Waals surface area contributed by atoms with Crippen LogP contribution in [-0.4, -0.2) is 45.7 Å². The highest BCUT2D eigenvalue weighted by atomic mass is 16.5. The Morgan fingerprint density at radius 3 is 2.30 bits per heavy atom. The van der Waals surface area contributed by atoms with Crippen molar-refractivity contribution in [1.29, 1.82) is 0 Å². The molecule has 0 spiro atoms. The van der Waals surface area contributed by atoms with Gasteiger partial charge in [0.25, 0.3) is 0 Å². The van der Waals surface area contributed by atoms with Crippen LogP contribution in [0, 0.1) is 22.7 Å². The van der Waals surface area contributed by atoms with Gasteiger partial charge in [-0.2, -0.15) is 0 Å². The topological polar surface area (TPSA) is 66.8 Å². The van der Waals surface area contributed by atoms with Gasteiger partial charge in [0, 0.05) is 6.04 Å². The number of amides is 1. The molecular formula is C22H37NO4. The second kappa shape index (κ2) is 6.47. The standard InChI is InChI=1S/C22H37NO4/c1-8-14-10-11-15(18(24)25)23(14)19(26)22-16(21(22,6)7)12-9-13(2)17(22)27-20(3,4)5/h13-17H,8-12H2,1-7H3,(H,24,25)/t13?,14-,15-,16?,17?,22?/m0/s1. The van der Waals surface area contributed by atoms with Gasteiger partial charge in [0.1, 0.15) is 6.04 Å². The number of likely N-dealkylation sites (tertiary alicyclic amines) is 1. The normalized spacial score (nSPS) is 40.6. The molecule has 0 aromatic rings. The third-order valence-corrected chi connectivity index (χ3v) is 7.61. The zero-order valence-corrected chi connectivity index (χ0v) is 18.0. The first-order valence-corrected chi connectivity index (χ1v) is 10.6. The number of carboxylic acids is 1. The second-order valence-corrected chi connectivity index (χ2v) is 10.6. The molecule has 5 nitrogen and oxygen atoms in total. The second-order valence-electron chi connectivity index (χ2n) is 10.6. The molecule has 1 amide bonds. The van der Waals surface area contributed by atoms with Crippen LogP contribution in [0.3, 0.4) is 0 Å². The van der Waals surface area contributed by atoms with Crippen LogP contribution in [-0.2, 0) is 14.3 Å². The summed E-state index contributed by atoms with van der Waals surface area (Å²) in [6, 6.07) is -0.668. The number of carboxylic acid groups (broad SMARTS) is 1. The van der Waals surface area contributed by atoms with Crippen molar-refractivity contribution in [3.05, 3.63) is 0 Å². The summed E-state index contributed by atoms with van der Waals surface area (Å²) in [5, 5.41) is 9.75. The van der Waals surface area contributed by atoms with Crippen molar-refractivity contribution in [2.24, 2.45) is 22.7 Å². The van der Waals surface area contributed by atoms with E-state index in [1.165, 1.54) is 0 Å². The van der Waals surface area contributed by atoms with E-state index >= 15 is 0 Å². The number of nitrogens with zero attached hydrogens (tertiary/aromatic N) is 1. The summed E-state index contributed by atoms with van der Waals surface area (Å²) in [5.74, 6) is -0.274. The fourth-order valence-electron chi connectivity index (χ4n) is 6.27. The number of hydrogen-bond donors (Lipinski definition) is 1. The van der Waals surface area contributed by atoms with Crippen LogP contribution in [0.25, 0.3) is 0 Å². The van der Waals surface area contributed by atoms with Gasteiger partial charge in [-0.15, -0.1) is 0 Å². The predicted octanol–water partition coefficient (Wildman–Crippen LogP) is 4.10. The molecule has 0 radical (unpaired) electrons. The molecule has 6 atom stereocenters. The monoisotopic (exact) mass is 379 g/mol. The molecule has 2 saturated carbocycles. The van der Waals surface area contributed by atoms with Crippen molar-refractivity contribution in [3.8, 4) is 0 Å². The Balaban J connectivity index is 2.04. The molecule has 2 aliphatic carbocycles. The molecule has 1 aliphatic heterocycles. The first kappa shape index (κ1) is 20.6. The fraction of sp³-hybridized carbons (Fsp3) is 0.909. The average molecular weight is 380 g/mol. The lowest BCUT2D eigenvalue weighted by Crippen LogP contribution is -2.55. The summed E-state index contributed by atoms with van der Waals surface area (Å²) < 4.78 is 6.53.